The van der Waals surface area contributed by atoms with Crippen LogP contribution in [-0.2, 0) is 0 Å². The number of aromatic amines is 1. The van der Waals surface area contributed by atoms with Crippen LogP contribution in [0, 0.1) is 0 Å². The van der Waals surface area contributed by atoms with E-state index in [1.807, 2.05) is 24.3 Å². The molecule has 2 heterocycles. The third-order valence-corrected chi connectivity index (χ3v) is 3.69. The molecule has 0 saturated heterocycles. The monoisotopic (exact) mass is 289 g/mol. The molecule has 0 saturated carbocycles. The number of fused-ring (bicyclic) bond motifs is 2. The van der Waals surface area contributed by atoms with Crippen molar-refractivity contribution in [3.8, 4) is 5.69 Å². The molecule has 0 spiro atoms. The number of H-pyrrole nitrogens is 1. The van der Waals surface area contributed by atoms with Crippen LogP contribution in [0.5, 0.6) is 0 Å². The molecule has 0 aliphatic heterocycles. The molecule has 1 N–H and O–H groups in total. The van der Waals surface area contributed by atoms with Crippen molar-refractivity contribution in [1.29, 1.82) is 0 Å². The number of hydrogen-bond donors (Lipinski definition) is 1. The normalized spacial score (nSPS) is 11.1. The number of para-hydroxylation sites is 1. The van der Waals surface area contributed by atoms with E-state index in [0.717, 1.165) is 15.3 Å². The molecule has 2 aromatic carbocycles. The summed E-state index contributed by atoms with van der Waals surface area (Å²) in [6.07, 6.45) is 3.24. The fraction of sp³-hybridized carbons (Fsp3) is 0. The zero-order chi connectivity index (χ0) is 15.1. The van der Waals surface area contributed by atoms with Gasteiger partial charge in [-0.3, -0.25) is 9.78 Å². The predicted molar refractivity (Wildman–Crippen MR) is 85.5 cm³/mol. The van der Waals surface area contributed by atoms with Crippen LogP contribution >= 0.6 is 0 Å². The lowest BCUT2D eigenvalue weighted by Gasteiger charge is -2.09. The molecule has 4 aromatic rings. The van der Waals surface area contributed by atoms with Crippen LogP contribution in [0.2, 0.25) is 0 Å². The lowest BCUT2D eigenvalue weighted by atomic mass is 10.1. The third-order valence-electron chi connectivity index (χ3n) is 3.69. The maximum Gasteiger partial charge on any atom is 0.333 e. The molecule has 0 radical (unpaired) electrons. The van der Waals surface area contributed by atoms with Gasteiger partial charge in [-0.25, -0.2) is 9.36 Å². The van der Waals surface area contributed by atoms with Gasteiger partial charge in [0.15, 0.2) is 0 Å². The molecule has 0 atom stereocenters. The molecule has 0 fully saturated rings. The summed E-state index contributed by atoms with van der Waals surface area (Å²) in [6, 6.07) is 14.5. The molecule has 0 aliphatic rings. The Labute approximate surface area is 124 Å². The first-order valence-corrected chi connectivity index (χ1v) is 6.83. The predicted octanol–water partition coefficient (Wildman–Crippen LogP) is 2.23. The molecule has 106 valence electrons. The molecule has 0 aliphatic carbocycles. The average Bonchev–Trinajstić information content (AvgIpc) is 2.55. The lowest BCUT2D eigenvalue weighted by molar-refractivity contribution is 0.902. The van der Waals surface area contributed by atoms with Gasteiger partial charge >= 0.3 is 5.69 Å². The smallest absolute Gasteiger partial charge is 0.306 e. The molecular formula is C17H11N3O2. The summed E-state index contributed by atoms with van der Waals surface area (Å²) >= 11 is 0. The van der Waals surface area contributed by atoms with E-state index < -0.39 is 5.69 Å². The van der Waals surface area contributed by atoms with Crippen LogP contribution < -0.4 is 11.2 Å². The van der Waals surface area contributed by atoms with E-state index in [4.69, 9.17) is 0 Å². The van der Waals surface area contributed by atoms with Gasteiger partial charge in [0.2, 0.25) is 0 Å². The number of rotatable bonds is 1. The first kappa shape index (κ1) is 12.5. The van der Waals surface area contributed by atoms with E-state index in [-0.39, 0.29) is 5.56 Å². The third kappa shape index (κ3) is 1.76. The van der Waals surface area contributed by atoms with Crippen LogP contribution in [0.15, 0.2) is 70.5 Å². The summed E-state index contributed by atoms with van der Waals surface area (Å²) in [5.41, 5.74) is 0.191. The van der Waals surface area contributed by atoms with Crippen molar-refractivity contribution in [2.45, 2.75) is 0 Å². The van der Waals surface area contributed by atoms with Crippen LogP contribution in [0.1, 0.15) is 0 Å². The molecule has 22 heavy (non-hydrogen) atoms. The van der Waals surface area contributed by atoms with Crippen molar-refractivity contribution < 1.29 is 0 Å². The molecule has 5 nitrogen and oxygen atoms in total. The molecule has 2 aromatic heterocycles. The Morgan fingerprint density at radius 2 is 1.59 bits per heavy atom. The Hall–Kier alpha value is -3.21. The topological polar surface area (TPSA) is 67.8 Å². The lowest BCUT2D eigenvalue weighted by Crippen LogP contribution is -2.33. The average molecular weight is 289 g/mol. The van der Waals surface area contributed by atoms with Crippen molar-refractivity contribution in [1.82, 2.24) is 14.5 Å². The van der Waals surface area contributed by atoms with Crippen LogP contribution in [0.4, 0.5) is 0 Å². The highest BCUT2D eigenvalue weighted by molar-refractivity contribution is 5.89. The molecular weight excluding hydrogens is 278 g/mol. The van der Waals surface area contributed by atoms with Crippen LogP contribution in [0.25, 0.3) is 27.4 Å². The van der Waals surface area contributed by atoms with Crippen molar-refractivity contribution >= 4 is 21.7 Å². The van der Waals surface area contributed by atoms with Gasteiger partial charge in [0, 0.05) is 17.0 Å². The summed E-state index contributed by atoms with van der Waals surface area (Å²) in [4.78, 5) is 32.0. The van der Waals surface area contributed by atoms with Gasteiger partial charge < -0.3 is 4.98 Å². The summed E-state index contributed by atoms with van der Waals surface area (Å²) in [7, 11) is 0. The van der Waals surface area contributed by atoms with Gasteiger partial charge in [0.1, 0.15) is 0 Å². The van der Waals surface area contributed by atoms with Crippen LogP contribution in [-0.4, -0.2) is 14.5 Å². The highest BCUT2D eigenvalue weighted by atomic mass is 16.2. The quantitative estimate of drug-likeness (QED) is 0.584. The number of benzene rings is 2. The van der Waals surface area contributed by atoms with E-state index in [2.05, 4.69) is 9.97 Å². The Balaban J connectivity index is 2.18. The van der Waals surface area contributed by atoms with Crippen molar-refractivity contribution in [3.05, 3.63) is 81.8 Å². The Morgan fingerprint density at radius 1 is 0.864 bits per heavy atom. The van der Waals surface area contributed by atoms with E-state index in [1.165, 1.54) is 6.20 Å². The number of aromatic nitrogens is 3. The molecule has 4 rings (SSSR count). The zero-order valence-corrected chi connectivity index (χ0v) is 11.5. The van der Waals surface area contributed by atoms with Gasteiger partial charge in [-0.05, 0) is 12.1 Å². The second-order valence-corrected chi connectivity index (χ2v) is 5.00. The van der Waals surface area contributed by atoms with Gasteiger partial charge in [0.05, 0.1) is 22.8 Å². The van der Waals surface area contributed by atoms with Gasteiger partial charge in [-0.2, -0.15) is 0 Å². The Morgan fingerprint density at radius 3 is 2.45 bits per heavy atom. The number of nitrogens with one attached hydrogen (secondary N) is 1. The summed E-state index contributed by atoms with van der Waals surface area (Å²) in [6.45, 7) is 0. The largest absolute Gasteiger partial charge is 0.333 e. The van der Waals surface area contributed by atoms with Crippen LogP contribution in [0.3, 0.4) is 0 Å². The minimum absolute atomic E-state index is 0.350. The van der Waals surface area contributed by atoms with Gasteiger partial charge in [-0.15, -0.1) is 0 Å². The first-order chi connectivity index (χ1) is 10.8. The van der Waals surface area contributed by atoms with Crippen molar-refractivity contribution in [2.24, 2.45) is 0 Å². The maximum atomic E-state index is 12.7. The highest BCUT2D eigenvalue weighted by Crippen LogP contribution is 2.19. The number of pyridine rings is 1. The second-order valence-electron chi connectivity index (χ2n) is 5.00. The van der Waals surface area contributed by atoms with E-state index in [1.54, 1.807) is 30.5 Å². The molecule has 5 heteroatoms. The highest BCUT2D eigenvalue weighted by Gasteiger charge is 2.11. The van der Waals surface area contributed by atoms with Crippen molar-refractivity contribution in [3.63, 3.8) is 0 Å². The Bertz CT molecular complexity index is 1120. The zero-order valence-electron chi connectivity index (χ0n) is 11.5. The fourth-order valence-electron chi connectivity index (χ4n) is 2.66. The minimum Gasteiger partial charge on any atom is -0.306 e. The molecule has 0 bridgehead atoms. The summed E-state index contributed by atoms with van der Waals surface area (Å²) in [5, 5.41) is 2.15. The molecule has 0 amide bonds. The first-order valence-electron chi connectivity index (χ1n) is 6.83. The van der Waals surface area contributed by atoms with E-state index in [9.17, 15) is 9.59 Å². The standard InChI is InChI=1S/C17H11N3O2/c21-16-13-7-3-4-8-14(13)19-17(22)20(16)15-10-18-9-11-5-1-2-6-12(11)15/h1-10H,(H,19,22). The fourth-order valence-corrected chi connectivity index (χ4v) is 2.66. The van der Waals surface area contributed by atoms with Gasteiger partial charge in [0.25, 0.3) is 5.56 Å². The molecule has 0 unspecified atom stereocenters. The van der Waals surface area contributed by atoms with E-state index in [0.29, 0.717) is 16.6 Å². The van der Waals surface area contributed by atoms with Crippen molar-refractivity contribution in [2.75, 3.05) is 0 Å². The summed E-state index contributed by atoms with van der Waals surface area (Å²) in [5.74, 6) is 0. The number of hydrogen-bond acceptors (Lipinski definition) is 3. The van der Waals surface area contributed by atoms with Gasteiger partial charge in [-0.1, -0.05) is 36.4 Å². The summed E-state index contributed by atoms with van der Waals surface area (Å²) < 4.78 is 1.14. The number of nitrogens with zero attached hydrogens (tertiary/aromatic N) is 2. The Kier molecular flexibility index (Phi) is 2.66. The SMILES string of the molecule is O=c1[nH]c2ccccc2c(=O)n1-c1cncc2ccccc12. The second kappa shape index (κ2) is 4.66. The maximum absolute atomic E-state index is 12.7. The minimum atomic E-state index is -0.471. The van der Waals surface area contributed by atoms with E-state index >= 15 is 0 Å².